The summed E-state index contributed by atoms with van der Waals surface area (Å²) in [6.45, 7) is 19.8. The van der Waals surface area contributed by atoms with Crippen molar-refractivity contribution in [3.8, 4) is 0 Å². The normalized spacial score (nSPS) is 22.6. The Morgan fingerprint density at radius 1 is 1.25 bits per heavy atom. The molecule has 0 aromatic heterocycles. The quantitative estimate of drug-likeness (QED) is 0.691. The van der Waals surface area contributed by atoms with Gasteiger partial charge in [0, 0.05) is 30.7 Å². The first-order valence-corrected chi connectivity index (χ1v) is 8.60. The summed E-state index contributed by atoms with van der Waals surface area (Å²) in [6, 6.07) is 1.53. The number of likely N-dealkylation sites (tertiary alicyclic amines) is 1. The lowest BCUT2D eigenvalue weighted by atomic mass is 10.1. The van der Waals surface area contributed by atoms with Crippen molar-refractivity contribution >= 4 is 0 Å². The second-order valence-electron chi connectivity index (χ2n) is 7.33. The summed E-state index contributed by atoms with van der Waals surface area (Å²) in [5.74, 6) is 0. The molecule has 1 aliphatic heterocycles. The van der Waals surface area contributed by atoms with Gasteiger partial charge in [-0.2, -0.15) is 0 Å². The van der Waals surface area contributed by atoms with E-state index in [1.54, 1.807) is 0 Å². The van der Waals surface area contributed by atoms with Crippen LogP contribution in [0.5, 0.6) is 0 Å². The summed E-state index contributed by atoms with van der Waals surface area (Å²) in [7, 11) is 0. The highest BCUT2D eigenvalue weighted by Crippen LogP contribution is 2.19. The van der Waals surface area contributed by atoms with E-state index >= 15 is 0 Å². The van der Waals surface area contributed by atoms with E-state index in [9.17, 15) is 0 Å². The van der Waals surface area contributed by atoms with Gasteiger partial charge in [-0.25, -0.2) is 0 Å². The Labute approximate surface area is 127 Å². The van der Waals surface area contributed by atoms with Crippen LogP contribution in [0, 0.1) is 0 Å². The van der Waals surface area contributed by atoms with Crippen molar-refractivity contribution in [2.45, 2.75) is 78.4 Å². The van der Waals surface area contributed by atoms with Gasteiger partial charge in [0.05, 0.1) is 0 Å². The van der Waals surface area contributed by atoms with E-state index in [1.165, 1.54) is 45.4 Å². The van der Waals surface area contributed by atoms with Crippen LogP contribution in [-0.2, 0) is 0 Å². The van der Waals surface area contributed by atoms with Gasteiger partial charge in [-0.05, 0) is 66.6 Å². The molecule has 0 bridgehead atoms. The van der Waals surface area contributed by atoms with E-state index in [0.29, 0.717) is 0 Å². The predicted molar refractivity (Wildman–Crippen MR) is 89.4 cm³/mol. The number of hydrogen-bond acceptors (Lipinski definition) is 3. The molecule has 0 radical (unpaired) electrons. The second kappa shape index (κ2) is 8.35. The van der Waals surface area contributed by atoms with Crippen molar-refractivity contribution in [1.29, 1.82) is 0 Å². The maximum absolute atomic E-state index is 3.59. The van der Waals surface area contributed by atoms with Gasteiger partial charge in [0.15, 0.2) is 0 Å². The van der Waals surface area contributed by atoms with Crippen LogP contribution < -0.4 is 5.32 Å². The molecule has 0 spiro atoms. The second-order valence-corrected chi connectivity index (χ2v) is 7.33. The maximum Gasteiger partial charge on any atom is 0.0235 e. The maximum atomic E-state index is 3.59. The molecule has 2 atom stereocenters. The van der Waals surface area contributed by atoms with E-state index in [4.69, 9.17) is 0 Å². The molecule has 20 heavy (non-hydrogen) atoms. The van der Waals surface area contributed by atoms with Gasteiger partial charge >= 0.3 is 0 Å². The summed E-state index contributed by atoms with van der Waals surface area (Å²) in [4.78, 5) is 5.31. The molecular formula is C17H37N3. The van der Waals surface area contributed by atoms with Crippen molar-refractivity contribution in [1.82, 2.24) is 15.1 Å². The first-order valence-electron chi connectivity index (χ1n) is 8.60. The molecule has 1 aliphatic rings. The number of likely N-dealkylation sites (N-methyl/N-ethyl adjacent to an activating group) is 1. The smallest absolute Gasteiger partial charge is 0.0235 e. The molecule has 3 nitrogen and oxygen atoms in total. The largest absolute Gasteiger partial charge is 0.312 e. The Hall–Kier alpha value is -0.120. The van der Waals surface area contributed by atoms with Crippen molar-refractivity contribution in [3.05, 3.63) is 0 Å². The fraction of sp³-hybridized carbons (Fsp3) is 1.00. The first kappa shape index (κ1) is 17.9. The Morgan fingerprint density at radius 2 is 1.90 bits per heavy atom. The first-order chi connectivity index (χ1) is 9.37. The van der Waals surface area contributed by atoms with Crippen LogP contribution in [0.2, 0.25) is 0 Å². The van der Waals surface area contributed by atoms with Crippen molar-refractivity contribution in [2.24, 2.45) is 0 Å². The molecule has 1 saturated heterocycles. The summed E-state index contributed by atoms with van der Waals surface area (Å²) < 4.78 is 0. The molecule has 1 fully saturated rings. The average molecular weight is 284 g/mol. The third-order valence-electron chi connectivity index (χ3n) is 4.60. The van der Waals surface area contributed by atoms with Crippen LogP contribution in [0.3, 0.4) is 0 Å². The van der Waals surface area contributed by atoms with Crippen LogP contribution in [-0.4, -0.2) is 60.1 Å². The lowest BCUT2D eigenvalue weighted by Gasteiger charge is -2.29. The van der Waals surface area contributed by atoms with Crippen LogP contribution in [0.15, 0.2) is 0 Å². The van der Waals surface area contributed by atoms with E-state index in [-0.39, 0.29) is 5.54 Å². The highest BCUT2D eigenvalue weighted by molar-refractivity contribution is 4.85. The molecule has 0 aromatic rings. The lowest BCUT2D eigenvalue weighted by molar-refractivity contribution is 0.187. The summed E-state index contributed by atoms with van der Waals surface area (Å²) in [5, 5.41) is 3.59. The molecule has 1 N–H and O–H groups in total. The van der Waals surface area contributed by atoms with Crippen LogP contribution in [0.4, 0.5) is 0 Å². The fourth-order valence-corrected chi connectivity index (χ4v) is 3.25. The van der Waals surface area contributed by atoms with E-state index in [0.717, 1.165) is 18.6 Å². The standard InChI is InChI=1S/C17H37N3/c1-7-19(8-2)16-11-13-20(14-16)15(3)10-9-12-18-17(4,5)6/h15-16,18H,7-14H2,1-6H3. The zero-order valence-electron chi connectivity index (χ0n) is 14.7. The number of nitrogens with one attached hydrogen (secondary N) is 1. The molecule has 0 aliphatic carbocycles. The zero-order chi connectivity index (χ0) is 15.2. The van der Waals surface area contributed by atoms with Gasteiger partial charge in [0.1, 0.15) is 0 Å². The Bertz CT molecular complexity index is 255. The minimum atomic E-state index is 0.255. The minimum Gasteiger partial charge on any atom is -0.312 e. The average Bonchev–Trinajstić information content (AvgIpc) is 2.84. The van der Waals surface area contributed by atoms with Gasteiger partial charge < -0.3 is 5.32 Å². The molecule has 0 amide bonds. The molecule has 120 valence electrons. The van der Waals surface area contributed by atoms with Gasteiger partial charge in [0.2, 0.25) is 0 Å². The van der Waals surface area contributed by atoms with Gasteiger partial charge in [0.25, 0.3) is 0 Å². The van der Waals surface area contributed by atoms with Gasteiger partial charge in [-0.1, -0.05) is 13.8 Å². The molecule has 0 saturated carbocycles. The Balaban J connectivity index is 2.23. The molecule has 2 unspecified atom stereocenters. The van der Waals surface area contributed by atoms with Crippen molar-refractivity contribution < 1.29 is 0 Å². The molecule has 1 rings (SSSR count). The third kappa shape index (κ3) is 6.11. The fourth-order valence-electron chi connectivity index (χ4n) is 3.25. The summed E-state index contributed by atoms with van der Waals surface area (Å²) in [6.07, 6.45) is 3.95. The predicted octanol–water partition coefficient (Wildman–Crippen LogP) is 2.96. The molecular weight excluding hydrogens is 246 g/mol. The van der Waals surface area contributed by atoms with Crippen LogP contribution in [0.1, 0.15) is 60.8 Å². The number of hydrogen-bond donors (Lipinski definition) is 1. The zero-order valence-corrected chi connectivity index (χ0v) is 14.7. The van der Waals surface area contributed by atoms with Crippen LogP contribution >= 0.6 is 0 Å². The topological polar surface area (TPSA) is 18.5 Å². The summed E-state index contributed by atoms with van der Waals surface area (Å²) >= 11 is 0. The van der Waals surface area contributed by atoms with Gasteiger partial charge in [-0.3, -0.25) is 9.80 Å². The van der Waals surface area contributed by atoms with Gasteiger partial charge in [-0.15, -0.1) is 0 Å². The van der Waals surface area contributed by atoms with Crippen molar-refractivity contribution in [2.75, 3.05) is 32.7 Å². The SMILES string of the molecule is CCN(CC)C1CCN(C(C)CCCNC(C)(C)C)C1. The highest BCUT2D eigenvalue weighted by Gasteiger charge is 2.28. The lowest BCUT2D eigenvalue weighted by Crippen LogP contribution is -2.40. The number of rotatable bonds is 8. The molecule has 3 heteroatoms. The Morgan fingerprint density at radius 3 is 2.45 bits per heavy atom. The van der Waals surface area contributed by atoms with Crippen LogP contribution in [0.25, 0.3) is 0 Å². The van der Waals surface area contributed by atoms with E-state index < -0.39 is 0 Å². The molecule has 1 heterocycles. The number of nitrogens with zero attached hydrogens (tertiary/aromatic N) is 2. The highest BCUT2D eigenvalue weighted by atomic mass is 15.3. The monoisotopic (exact) mass is 283 g/mol. The minimum absolute atomic E-state index is 0.255. The summed E-state index contributed by atoms with van der Waals surface area (Å²) in [5.41, 5.74) is 0.255. The van der Waals surface area contributed by atoms with Crippen molar-refractivity contribution in [3.63, 3.8) is 0 Å². The van der Waals surface area contributed by atoms with E-state index in [1.807, 2.05) is 0 Å². The Kier molecular flexibility index (Phi) is 7.49. The van der Waals surface area contributed by atoms with E-state index in [2.05, 4.69) is 56.7 Å². The third-order valence-corrected chi connectivity index (χ3v) is 4.60. The molecule has 0 aromatic carbocycles.